The van der Waals surface area contributed by atoms with Crippen molar-refractivity contribution in [3.8, 4) is 0 Å². The number of halogens is 1. The molecule has 1 rings (SSSR count). The fraction of sp³-hybridized carbons (Fsp3) is 0.500. The Hall–Kier alpha value is -0.510. The Morgan fingerprint density at radius 3 is 2.50 bits per heavy atom. The van der Waals surface area contributed by atoms with E-state index in [1.807, 2.05) is 52.0 Å². The van der Waals surface area contributed by atoms with E-state index in [1.54, 1.807) is 0 Å². The lowest BCUT2D eigenvalue weighted by Gasteiger charge is -2.18. The maximum atomic E-state index is 11.9. The SMILES string of the molecule is C/C(CCc1ccccc1Cl)=N\[S@@+]([O-])C(C)(C)C. The smallest absolute Gasteiger partial charge is 0.144 e. The molecule has 100 valence electrons. The van der Waals surface area contributed by atoms with Crippen molar-refractivity contribution in [3.05, 3.63) is 34.9 Å². The molecule has 0 amide bonds. The molecule has 0 heterocycles. The molecule has 0 bridgehead atoms. The average molecular weight is 286 g/mol. The molecule has 0 N–H and O–H groups in total. The molecule has 1 aromatic carbocycles. The lowest BCUT2D eigenvalue weighted by atomic mass is 10.1. The second-order valence-corrected chi connectivity index (χ2v) is 7.59. The summed E-state index contributed by atoms with van der Waals surface area (Å²) in [6.45, 7) is 7.69. The summed E-state index contributed by atoms with van der Waals surface area (Å²) in [6.07, 6.45) is 1.61. The van der Waals surface area contributed by atoms with Gasteiger partial charge in [-0.1, -0.05) is 34.2 Å². The highest BCUT2D eigenvalue weighted by atomic mass is 35.5. The van der Waals surface area contributed by atoms with Gasteiger partial charge in [0, 0.05) is 5.02 Å². The zero-order valence-corrected chi connectivity index (χ0v) is 12.9. The zero-order chi connectivity index (χ0) is 13.8. The topological polar surface area (TPSA) is 35.4 Å². The minimum Gasteiger partial charge on any atom is -0.591 e. The van der Waals surface area contributed by atoms with Gasteiger partial charge in [-0.3, -0.25) is 0 Å². The van der Waals surface area contributed by atoms with Gasteiger partial charge in [-0.15, -0.1) is 0 Å². The standard InChI is InChI=1S/C14H20ClNOS/c1-11(16-18(17)14(2,3)4)9-10-12-7-5-6-8-13(12)15/h5-8H,9-10H2,1-4H3/b16-11+/t18-/m0/s1. The van der Waals surface area contributed by atoms with Crippen LogP contribution in [0, 0.1) is 0 Å². The zero-order valence-electron chi connectivity index (χ0n) is 11.4. The van der Waals surface area contributed by atoms with Crippen molar-refractivity contribution >= 4 is 28.7 Å². The molecule has 0 saturated carbocycles. The summed E-state index contributed by atoms with van der Waals surface area (Å²) in [6, 6.07) is 7.79. The third-order valence-corrected chi connectivity index (χ3v) is 4.37. The van der Waals surface area contributed by atoms with Crippen LogP contribution in [0.5, 0.6) is 0 Å². The van der Waals surface area contributed by atoms with Crippen molar-refractivity contribution in [1.29, 1.82) is 0 Å². The van der Waals surface area contributed by atoms with Gasteiger partial charge in [-0.2, -0.15) is 0 Å². The first-order chi connectivity index (χ1) is 8.30. The minimum absolute atomic E-state index is 0.300. The molecular formula is C14H20ClNOS. The van der Waals surface area contributed by atoms with Crippen LogP contribution in [-0.4, -0.2) is 15.0 Å². The van der Waals surface area contributed by atoms with E-state index in [0.717, 1.165) is 29.1 Å². The number of hydrogen-bond acceptors (Lipinski definition) is 2. The maximum Gasteiger partial charge on any atom is 0.144 e. The van der Waals surface area contributed by atoms with E-state index in [4.69, 9.17) is 11.6 Å². The highest BCUT2D eigenvalue weighted by Crippen LogP contribution is 2.19. The van der Waals surface area contributed by atoms with Gasteiger partial charge in [0.1, 0.15) is 16.1 Å². The summed E-state index contributed by atoms with van der Waals surface area (Å²) in [5, 5.41) is 0.780. The molecule has 0 radical (unpaired) electrons. The molecule has 1 atom stereocenters. The molecule has 18 heavy (non-hydrogen) atoms. The summed E-state index contributed by atoms with van der Waals surface area (Å²) in [7, 11) is 0. The fourth-order valence-corrected chi connectivity index (χ4v) is 2.22. The Morgan fingerprint density at radius 1 is 1.33 bits per heavy atom. The molecule has 2 nitrogen and oxygen atoms in total. The van der Waals surface area contributed by atoms with Crippen LogP contribution >= 0.6 is 11.6 Å². The Labute approximate surface area is 118 Å². The van der Waals surface area contributed by atoms with E-state index in [0.29, 0.717) is 0 Å². The van der Waals surface area contributed by atoms with Crippen LogP contribution in [0.4, 0.5) is 0 Å². The van der Waals surface area contributed by atoms with E-state index < -0.39 is 11.4 Å². The first-order valence-corrected chi connectivity index (χ1v) is 7.49. The molecule has 1 aromatic rings. The number of rotatable bonds is 4. The highest BCUT2D eigenvalue weighted by Gasteiger charge is 2.26. The van der Waals surface area contributed by atoms with Gasteiger partial charge in [0.05, 0.1) is 5.71 Å². The van der Waals surface area contributed by atoms with Gasteiger partial charge in [-0.05, 0) is 52.2 Å². The van der Waals surface area contributed by atoms with Crippen molar-refractivity contribution < 1.29 is 4.55 Å². The molecule has 0 spiro atoms. The van der Waals surface area contributed by atoms with E-state index in [1.165, 1.54) is 0 Å². The predicted octanol–water partition coefficient (Wildman–Crippen LogP) is 4.20. The van der Waals surface area contributed by atoms with E-state index in [9.17, 15) is 4.55 Å². The molecular weight excluding hydrogens is 266 g/mol. The lowest BCUT2D eigenvalue weighted by molar-refractivity contribution is 0.561. The van der Waals surface area contributed by atoms with Crippen molar-refractivity contribution in [2.24, 2.45) is 4.40 Å². The normalized spacial score (nSPS) is 14.7. The van der Waals surface area contributed by atoms with Crippen molar-refractivity contribution in [2.45, 2.75) is 45.3 Å². The molecule has 0 aliphatic carbocycles. The summed E-state index contributed by atoms with van der Waals surface area (Å²) in [5.74, 6) is 0. The van der Waals surface area contributed by atoms with Gasteiger partial charge < -0.3 is 4.55 Å². The minimum atomic E-state index is -1.18. The average Bonchev–Trinajstić information content (AvgIpc) is 2.26. The maximum absolute atomic E-state index is 11.9. The predicted molar refractivity (Wildman–Crippen MR) is 80.8 cm³/mol. The molecule has 0 aliphatic heterocycles. The van der Waals surface area contributed by atoms with Gasteiger partial charge >= 0.3 is 0 Å². The van der Waals surface area contributed by atoms with Crippen molar-refractivity contribution in [1.82, 2.24) is 0 Å². The summed E-state index contributed by atoms with van der Waals surface area (Å²) < 4.78 is 15.8. The number of hydrogen-bond donors (Lipinski definition) is 0. The van der Waals surface area contributed by atoms with Crippen LogP contribution in [0.15, 0.2) is 28.7 Å². The third-order valence-electron chi connectivity index (χ3n) is 2.48. The quantitative estimate of drug-likeness (QED) is 0.603. The Bertz CT molecular complexity index is 426. The fourth-order valence-electron chi connectivity index (χ4n) is 1.34. The first-order valence-electron chi connectivity index (χ1n) is 6.00. The van der Waals surface area contributed by atoms with Gasteiger partial charge in [0.15, 0.2) is 0 Å². The van der Waals surface area contributed by atoms with Crippen LogP contribution in [0.1, 0.15) is 39.7 Å². The highest BCUT2D eigenvalue weighted by molar-refractivity contribution is 7.91. The third kappa shape index (κ3) is 5.01. The van der Waals surface area contributed by atoms with Gasteiger partial charge in [0.2, 0.25) is 0 Å². The van der Waals surface area contributed by atoms with Crippen LogP contribution in [0.2, 0.25) is 5.02 Å². The van der Waals surface area contributed by atoms with Crippen LogP contribution in [0.3, 0.4) is 0 Å². The molecule has 0 fully saturated rings. The second-order valence-electron chi connectivity index (χ2n) is 5.28. The number of aryl methyl sites for hydroxylation is 1. The monoisotopic (exact) mass is 285 g/mol. The van der Waals surface area contributed by atoms with Crippen molar-refractivity contribution in [2.75, 3.05) is 0 Å². The van der Waals surface area contributed by atoms with Crippen molar-refractivity contribution in [3.63, 3.8) is 0 Å². The van der Waals surface area contributed by atoms with Crippen LogP contribution < -0.4 is 0 Å². The summed E-state index contributed by atoms with van der Waals surface area (Å²) in [5.41, 5.74) is 2.01. The molecule has 0 unspecified atom stereocenters. The molecule has 0 aromatic heterocycles. The number of benzene rings is 1. The Morgan fingerprint density at radius 2 is 1.94 bits per heavy atom. The molecule has 0 saturated heterocycles. The van der Waals surface area contributed by atoms with Gasteiger partial charge in [-0.25, -0.2) is 0 Å². The van der Waals surface area contributed by atoms with Crippen LogP contribution in [0.25, 0.3) is 0 Å². The number of nitrogens with zero attached hydrogens (tertiary/aromatic N) is 1. The van der Waals surface area contributed by atoms with Gasteiger partial charge in [0.25, 0.3) is 0 Å². The van der Waals surface area contributed by atoms with E-state index in [2.05, 4.69) is 4.40 Å². The lowest BCUT2D eigenvalue weighted by Crippen LogP contribution is -2.26. The summed E-state index contributed by atoms with van der Waals surface area (Å²) in [4.78, 5) is 0. The van der Waals surface area contributed by atoms with E-state index in [-0.39, 0.29) is 4.75 Å². The van der Waals surface area contributed by atoms with E-state index >= 15 is 0 Å². The summed E-state index contributed by atoms with van der Waals surface area (Å²) >= 11 is 4.91. The Balaban J connectivity index is 2.59. The molecule has 0 aliphatic rings. The Kier molecular flexibility index (Phi) is 5.70. The molecule has 4 heteroatoms. The largest absolute Gasteiger partial charge is 0.591 e. The van der Waals surface area contributed by atoms with Crippen LogP contribution in [-0.2, 0) is 17.8 Å². The first kappa shape index (κ1) is 15.5. The second kappa shape index (κ2) is 6.60.